The lowest BCUT2D eigenvalue weighted by molar-refractivity contribution is 0.473. The van der Waals surface area contributed by atoms with Gasteiger partial charge in [-0.15, -0.1) is 5.47 Å². The third-order valence-corrected chi connectivity index (χ3v) is 4.80. The van der Waals surface area contributed by atoms with Gasteiger partial charge < -0.3 is 0 Å². The second-order valence-electron chi connectivity index (χ2n) is 7.61. The highest BCUT2D eigenvalue weighted by Gasteiger charge is 2.13. The Morgan fingerprint density at radius 1 is 0.833 bits per heavy atom. The van der Waals surface area contributed by atoms with Crippen LogP contribution in [0.1, 0.15) is 105 Å². The van der Waals surface area contributed by atoms with Crippen LogP contribution in [0.3, 0.4) is 0 Å². The molecule has 0 aliphatic rings. The van der Waals surface area contributed by atoms with Crippen molar-refractivity contribution in [2.75, 3.05) is 0 Å². The van der Waals surface area contributed by atoms with Gasteiger partial charge in [0, 0.05) is 0 Å². The van der Waals surface area contributed by atoms with E-state index in [1.165, 1.54) is 81.7 Å². The van der Waals surface area contributed by atoms with Crippen LogP contribution in [-0.4, -0.2) is 7.85 Å². The Morgan fingerprint density at radius 3 is 1.92 bits per heavy atom. The smallest absolute Gasteiger partial charge is 0.113 e. The van der Waals surface area contributed by atoms with Crippen LogP contribution in [0.2, 0.25) is 0 Å². The topological polar surface area (TPSA) is 0 Å². The van der Waals surface area contributed by atoms with E-state index < -0.39 is 0 Å². The molecule has 0 aromatic carbocycles. The quantitative estimate of drug-likeness (QED) is 0.177. The van der Waals surface area contributed by atoms with Crippen LogP contribution in [0, 0.1) is 5.92 Å². The van der Waals surface area contributed by atoms with Gasteiger partial charge >= 0.3 is 0 Å². The molecule has 0 saturated heterocycles. The number of unbranched alkanes of at least 4 members (excludes halogenated alkanes) is 7. The molecule has 138 valence electrons. The van der Waals surface area contributed by atoms with E-state index in [-0.39, 0.29) is 0 Å². The van der Waals surface area contributed by atoms with E-state index in [4.69, 9.17) is 0 Å². The molecule has 0 spiro atoms. The fourth-order valence-electron chi connectivity index (χ4n) is 3.54. The van der Waals surface area contributed by atoms with Crippen molar-refractivity contribution in [2.24, 2.45) is 5.92 Å². The molecule has 0 rings (SSSR count). The standard InChI is InChI=1S/C23H43B/c1-6-9-10-11-12-13-14-15-18-22(17-8-3)23(19-21(5)24)20(4)16-7-2/h7,16,19,22H,6,8-15,17-18,24H2,1-5H3/b16-7-,21-19+,23-20+. The highest BCUT2D eigenvalue weighted by molar-refractivity contribution is 6.21. The van der Waals surface area contributed by atoms with E-state index in [0.29, 0.717) is 0 Å². The molecule has 0 nitrogen and oxygen atoms in total. The van der Waals surface area contributed by atoms with Crippen molar-refractivity contribution in [3.63, 3.8) is 0 Å². The molecule has 1 unspecified atom stereocenters. The summed E-state index contributed by atoms with van der Waals surface area (Å²) in [7, 11) is 2.22. The van der Waals surface area contributed by atoms with E-state index in [2.05, 4.69) is 60.7 Å². The summed E-state index contributed by atoms with van der Waals surface area (Å²) < 4.78 is 0. The van der Waals surface area contributed by atoms with Gasteiger partial charge in [-0.25, -0.2) is 0 Å². The van der Waals surface area contributed by atoms with Crippen LogP contribution in [0.5, 0.6) is 0 Å². The average molecular weight is 330 g/mol. The van der Waals surface area contributed by atoms with Crippen molar-refractivity contribution < 1.29 is 0 Å². The first-order chi connectivity index (χ1) is 11.6. The minimum Gasteiger partial charge on any atom is -0.113 e. The Bertz CT molecular complexity index is 383. The Hall–Kier alpha value is -0.715. The van der Waals surface area contributed by atoms with Gasteiger partial charge in [-0.3, -0.25) is 0 Å². The molecule has 0 aromatic heterocycles. The van der Waals surface area contributed by atoms with Crippen molar-refractivity contribution in [3.8, 4) is 0 Å². The van der Waals surface area contributed by atoms with Crippen LogP contribution < -0.4 is 0 Å². The zero-order valence-corrected chi connectivity index (χ0v) is 17.6. The van der Waals surface area contributed by atoms with Crippen molar-refractivity contribution in [1.29, 1.82) is 0 Å². The van der Waals surface area contributed by atoms with Crippen LogP contribution in [0.4, 0.5) is 0 Å². The van der Waals surface area contributed by atoms with Crippen LogP contribution >= 0.6 is 0 Å². The first-order valence-corrected chi connectivity index (χ1v) is 10.5. The SMILES string of the molecule is B/C(C)=C/C(=C(C)\C=C/C)C(CCC)CCCCCCCCCC. The van der Waals surface area contributed by atoms with Crippen molar-refractivity contribution in [3.05, 3.63) is 34.8 Å². The average Bonchev–Trinajstić information content (AvgIpc) is 2.54. The molecule has 1 heteroatoms. The molecule has 0 N–H and O–H groups in total. The monoisotopic (exact) mass is 330 g/mol. The molecular formula is C23H43B. The van der Waals surface area contributed by atoms with Gasteiger partial charge in [0.1, 0.15) is 7.85 Å². The maximum atomic E-state index is 2.43. The fourth-order valence-corrected chi connectivity index (χ4v) is 3.54. The summed E-state index contributed by atoms with van der Waals surface area (Å²) >= 11 is 0. The third kappa shape index (κ3) is 11.8. The summed E-state index contributed by atoms with van der Waals surface area (Å²) in [5, 5.41) is 0. The Kier molecular flexibility index (Phi) is 15.3. The third-order valence-electron chi connectivity index (χ3n) is 4.80. The first-order valence-electron chi connectivity index (χ1n) is 10.5. The summed E-state index contributed by atoms with van der Waals surface area (Å²) in [6, 6.07) is 0. The van der Waals surface area contributed by atoms with Gasteiger partial charge in [0.25, 0.3) is 0 Å². The highest BCUT2D eigenvalue weighted by atomic mass is 14.2. The maximum Gasteiger partial charge on any atom is 0.133 e. The molecule has 0 aromatic rings. The van der Waals surface area contributed by atoms with Crippen LogP contribution in [-0.2, 0) is 0 Å². The minimum atomic E-state index is 0.737. The number of hydrogen-bond acceptors (Lipinski definition) is 0. The second kappa shape index (κ2) is 15.8. The van der Waals surface area contributed by atoms with Gasteiger partial charge in [0.2, 0.25) is 0 Å². The maximum absolute atomic E-state index is 2.43. The molecule has 0 saturated carbocycles. The molecule has 0 radical (unpaired) electrons. The van der Waals surface area contributed by atoms with E-state index in [0.717, 1.165) is 5.92 Å². The Labute approximate surface area is 154 Å². The van der Waals surface area contributed by atoms with Gasteiger partial charge in [-0.1, -0.05) is 96.8 Å². The normalized spacial score (nSPS) is 15.0. The minimum absolute atomic E-state index is 0.737. The van der Waals surface area contributed by atoms with Gasteiger partial charge in [-0.2, -0.15) is 0 Å². The molecule has 0 heterocycles. The molecule has 0 fully saturated rings. The molecular weight excluding hydrogens is 287 g/mol. The molecule has 0 amide bonds. The number of allylic oxidation sites excluding steroid dienone is 6. The molecule has 0 bridgehead atoms. The Balaban J connectivity index is 4.54. The van der Waals surface area contributed by atoms with Crippen LogP contribution in [0.25, 0.3) is 0 Å². The summed E-state index contributed by atoms with van der Waals surface area (Å²) in [6.07, 6.45) is 22.2. The molecule has 0 aliphatic carbocycles. The predicted molar refractivity (Wildman–Crippen MR) is 115 cm³/mol. The summed E-state index contributed by atoms with van der Waals surface area (Å²) in [5.74, 6) is 0.737. The lowest BCUT2D eigenvalue weighted by Gasteiger charge is -2.20. The number of rotatable bonds is 14. The summed E-state index contributed by atoms with van der Waals surface area (Å²) in [4.78, 5) is 0. The van der Waals surface area contributed by atoms with E-state index >= 15 is 0 Å². The van der Waals surface area contributed by atoms with Gasteiger partial charge in [0.15, 0.2) is 0 Å². The Morgan fingerprint density at radius 2 is 1.42 bits per heavy atom. The van der Waals surface area contributed by atoms with E-state index in [9.17, 15) is 0 Å². The van der Waals surface area contributed by atoms with Crippen molar-refractivity contribution in [2.45, 2.75) is 105 Å². The lowest BCUT2D eigenvalue weighted by atomic mass is 9.83. The van der Waals surface area contributed by atoms with Crippen molar-refractivity contribution >= 4 is 7.85 Å². The highest BCUT2D eigenvalue weighted by Crippen LogP contribution is 2.29. The van der Waals surface area contributed by atoms with E-state index in [1.807, 2.05) is 0 Å². The summed E-state index contributed by atoms with van der Waals surface area (Å²) in [5.41, 5.74) is 4.46. The fraction of sp³-hybridized carbons (Fsp3) is 0.739. The molecule has 1 atom stereocenters. The first kappa shape index (κ1) is 23.3. The zero-order valence-electron chi connectivity index (χ0n) is 17.6. The second-order valence-corrected chi connectivity index (χ2v) is 7.61. The number of hydrogen-bond donors (Lipinski definition) is 0. The zero-order chi connectivity index (χ0) is 18.2. The largest absolute Gasteiger partial charge is 0.133 e. The van der Waals surface area contributed by atoms with Crippen LogP contribution in [0.15, 0.2) is 34.8 Å². The molecule has 0 aliphatic heterocycles. The predicted octanol–water partition coefficient (Wildman–Crippen LogP) is 7.36. The molecule has 24 heavy (non-hydrogen) atoms. The van der Waals surface area contributed by atoms with Crippen molar-refractivity contribution in [1.82, 2.24) is 0 Å². The van der Waals surface area contributed by atoms with E-state index in [1.54, 1.807) is 5.57 Å². The summed E-state index contributed by atoms with van der Waals surface area (Å²) in [6.45, 7) is 11.2. The lowest BCUT2D eigenvalue weighted by Crippen LogP contribution is -2.06. The van der Waals surface area contributed by atoms with Gasteiger partial charge in [0.05, 0.1) is 0 Å². The van der Waals surface area contributed by atoms with Gasteiger partial charge in [-0.05, 0) is 43.8 Å².